The van der Waals surface area contributed by atoms with E-state index in [2.05, 4.69) is 51.7 Å². The first-order chi connectivity index (χ1) is 12.7. The van der Waals surface area contributed by atoms with Crippen LogP contribution in [-0.2, 0) is 11.5 Å². The summed E-state index contributed by atoms with van der Waals surface area (Å²) in [6.07, 6.45) is -0.598. The maximum absolute atomic E-state index is 9.29. The molecule has 0 fully saturated rings. The van der Waals surface area contributed by atoms with Gasteiger partial charge in [-0.3, -0.25) is 0 Å². The summed E-state index contributed by atoms with van der Waals surface area (Å²) in [5, 5.41) is 18.6. The molecule has 0 bridgehead atoms. The molecule has 0 saturated carbocycles. The van der Waals surface area contributed by atoms with E-state index in [4.69, 9.17) is 4.74 Å². The molecule has 0 spiro atoms. The van der Waals surface area contributed by atoms with Crippen LogP contribution in [0.4, 0.5) is 0 Å². The molecular formula is C21H22BrNO3. The summed E-state index contributed by atoms with van der Waals surface area (Å²) in [5.74, 6) is 0. The predicted molar refractivity (Wildman–Crippen MR) is 107 cm³/mol. The van der Waals surface area contributed by atoms with Gasteiger partial charge in [-0.05, 0) is 34.0 Å². The van der Waals surface area contributed by atoms with Gasteiger partial charge in [-0.2, -0.15) is 0 Å². The van der Waals surface area contributed by atoms with Crippen molar-refractivity contribution in [1.82, 2.24) is 4.57 Å². The highest BCUT2D eigenvalue weighted by Gasteiger charge is 2.21. The lowest BCUT2D eigenvalue weighted by atomic mass is 10.1. The van der Waals surface area contributed by atoms with E-state index in [-0.39, 0.29) is 19.9 Å². The van der Waals surface area contributed by atoms with Crippen LogP contribution in [0.2, 0.25) is 0 Å². The Kier molecular flexibility index (Phi) is 6.27. The third-order valence-electron chi connectivity index (χ3n) is 4.42. The zero-order chi connectivity index (χ0) is 18.5. The number of aromatic nitrogens is 1. The highest BCUT2D eigenvalue weighted by molar-refractivity contribution is 9.10. The molecule has 3 aromatic rings. The molecule has 136 valence electrons. The average molecular weight is 416 g/mol. The van der Waals surface area contributed by atoms with E-state index in [1.807, 2.05) is 36.4 Å². The molecule has 0 amide bonds. The van der Waals surface area contributed by atoms with Crippen LogP contribution in [0.1, 0.15) is 5.69 Å². The molecule has 5 heteroatoms. The molecule has 3 rings (SSSR count). The number of nitrogens with zero attached hydrogens (tertiary/aromatic N) is 1. The number of aliphatic hydroxyl groups excluding tert-OH is 2. The fourth-order valence-electron chi connectivity index (χ4n) is 3.02. The van der Waals surface area contributed by atoms with Gasteiger partial charge in [0.2, 0.25) is 0 Å². The SMILES string of the molecule is Cc1c(-c2ccccc2)c(Br)c(-c2ccccc2)n1COC(CO)CO. The zero-order valence-corrected chi connectivity index (χ0v) is 16.2. The van der Waals surface area contributed by atoms with E-state index >= 15 is 0 Å². The van der Waals surface area contributed by atoms with E-state index in [0.717, 1.165) is 32.6 Å². The highest BCUT2D eigenvalue weighted by atomic mass is 79.9. The maximum atomic E-state index is 9.29. The molecule has 0 aliphatic carbocycles. The van der Waals surface area contributed by atoms with Crippen molar-refractivity contribution in [1.29, 1.82) is 0 Å². The van der Waals surface area contributed by atoms with Crippen LogP contribution >= 0.6 is 15.9 Å². The third-order valence-corrected chi connectivity index (χ3v) is 5.19. The normalized spacial score (nSPS) is 11.3. The Morgan fingerprint density at radius 3 is 2.00 bits per heavy atom. The van der Waals surface area contributed by atoms with Crippen LogP contribution in [0.3, 0.4) is 0 Å². The summed E-state index contributed by atoms with van der Waals surface area (Å²) in [7, 11) is 0. The van der Waals surface area contributed by atoms with Crippen molar-refractivity contribution in [3.63, 3.8) is 0 Å². The summed E-state index contributed by atoms with van der Waals surface area (Å²) in [4.78, 5) is 0. The van der Waals surface area contributed by atoms with Crippen molar-refractivity contribution in [2.24, 2.45) is 0 Å². The van der Waals surface area contributed by atoms with Gasteiger partial charge in [0.1, 0.15) is 12.8 Å². The molecule has 2 aromatic carbocycles. The van der Waals surface area contributed by atoms with Gasteiger partial charge in [-0.1, -0.05) is 60.7 Å². The number of hydrogen-bond acceptors (Lipinski definition) is 3. The fourth-order valence-corrected chi connectivity index (χ4v) is 3.98. The first kappa shape index (κ1) is 18.9. The molecule has 1 aromatic heterocycles. The van der Waals surface area contributed by atoms with Crippen LogP contribution in [0.15, 0.2) is 65.1 Å². The summed E-state index contributed by atoms with van der Waals surface area (Å²) >= 11 is 3.79. The molecule has 4 nitrogen and oxygen atoms in total. The number of aliphatic hydroxyl groups is 2. The Bertz CT molecular complexity index is 843. The Hall–Kier alpha value is -1.92. The number of rotatable bonds is 7. The summed E-state index contributed by atoms with van der Waals surface area (Å²) in [6, 6.07) is 20.3. The molecule has 0 aliphatic heterocycles. The number of hydrogen-bond donors (Lipinski definition) is 2. The maximum Gasteiger partial charge on any atom is 0.123 e. The van der Waals surface area contributed by atoms with Gasteiger partial charge in [-0.25, -0.2) is 0 Å². The zero-order valence-electron chi connectivity index (χ0n) is 14.6. The third kappa shape index (κ3) is 3.76. The Balaban J connectivity index is 2.12. The Morgan fingerprint density at radius 2 is 1.46 bits per heavy atom. The summed E-state index contributed by atoms with van der Waals surface area (Å²) < 4.78 is 8.79. The quantitative estimate of drug-likeness (QED) is 0.607. The first-order valence-electron chi connectivity index (χ1n) is 8.50. The van der Waals surface area contributed by atoms with Gasteiger partial charge in [-0.15, -0.1) is 0 Å². The summed E-state index contributed by atoms with van der Waals surface area (Å²) in [6.45, 7) is 1.86. The number of halogens is 1. The largest absolute Gasteiger partial charge is 0.394 e. The highest BCUT2D eigenvalue weighted by Crippen LogP contribution is 2.41. The van der Waals surface area contributed by atoms with Crippen LogP contribution in [-0.4, -0.2) is 34.1 Å². The topological polar surface area (TPSA) is 54.6 Å². The van der Waals surface area contributed by atoms with Gasteiger partial charge < -0.3 is 19.5 Å². The van der Waals surface area contributed by atoms with Gasteiger partial charge in [0.05, 0.1) is 23.4 Å². The van der Waals surface area contributed by atoms with Gasteiger partial charge in [0.25, 0.3) is 0 Å². The predicted octanol–water partition coefficient (Wildman–Crippen LogP) is 4.22. The average Bonchev–Trinajstić information content (AvgIpc) is 2.94. The van der Waals surface area contributed by atoms with E-state index in [1.54, 1.807) is 0 Å². The fraction of sp³-hybridized carbons (Fsp3) is 0.238. The monoisotopic (exact) mass is 415 g/mol. The van der Waals surface area contributed by atoms with E-state index in [0.29, 0.717) is 0 Å². The van der Waals surface area contributed by atoms with Gasteiger partial charge in [0, 0.05) is 11.3 Å². The first-order valence-corrected chi connectivity index (χ1v) is 9.29. The van der Waals surface area contributed by atoms with Crippen LogP contribution in [0.25, 0.3) is 22.4 Å². The molecular weight excluding hydrogens is 394 g/mol. The van der Waals surface area contributed by atoms with Gasteiger partial charge >= 0.3 is 0 Å². The standard InChI is InChI=1S/C21H22BrNO3/c1-15-19(16-8-4-2-5-9-16)20(22)21(17-10-6-3-7-11-17)23(15)14-26-18(12-24)13-25/h2-11,18,24-25H,12-14H2,1H3. The minimum absolute atomic E-state index is 0.218. The van der Waals surface area contributed by atoms with Crippen LogP contribution in [0, 0.1) is 6.92 Å². The van der Waals surface area contributed by atoms with Crippen LogP contribution < -0.4 is 0 Å². The molecule has 2 N–H and O–H groups in total. The van der Waals surface area contributed by atoms with Crippen LogP contribution in [0.5, 0.6) is 0 Å². The lowest BCUT2D eigenvalue weighted by Gasteiger charge is -2.17. The Labute approximate surface area is 161 Å². The molecule has 0 atom stereocenters. The minimum atomic E-state index is -0.598. The lowest BCUT2D eigenvalue weighted by Crippen LogP contribution is -2.23. The van der Waals surface area contributed by atoms with Crippen molar-refractivity contribution in [3.05, 3.63) is 70.8 Å². The molecule has 1 heterocycles. The second kappa shape index (κ2) is 8.64. The van der Waals surface area contributed by atoms with Crippen molar-refractivity contribution in [2.45, 2.75) is 19.8 Å². The number of benzene rings is 2. The van der Waals surface area contributed by atoms with Crippen molar-refractivity contribution in [2.75, 3.05) is 13.2 Å². The number of ether oxygens (including phenoxy) is 1. The second-order valence-electron chi connectivity index (χ2n) is 6.07. The lowest BCUT2D eigenvalue weighted by molar-refractivity contribution is -0.0497. The van der Waals surface area contributed by atoms with E-state index < -0.39 is 6.10 Å². The molecule has 0 aliphatic rings. The second-order valence-corrected chi connectivity index (χ2v) is 6.86. The van der Waals surface area contributed by atoms with E-state index in [1.165, 1.54) is 0 Å². The summed E-state index contributed by atoms with van der Waals surface area (Å²) in [5.41, 5.74) is 5.36. The minimum Gasteiger partial charge on any atom is -0.394 e. The molecule has 0 unspecified atom stereocenters. The van der Waals surface area contributed by atoms with Gasteiger partial charge in [0.15, 0.2) is 0 Å². The van der Waals surface area contributed by atoms with E-state index in [9.17, 15) is 10.2 Å². The smallest absolute Gasteiger partial charge is 0.123 e. The molecule has 0 radical (unpaired) electrons. The van der Waals surface area contributed by atoms with Crippen molar-refractivity contribution < 1.29 is 14.9 Å². The molecule has 0 saturated heterocycles. The Morgan fingerprint density at radius 1 is 0.923 bits per heavy atom. The molecule has 26 heavy (non-hydrogen) atoms. The van der Waals surface area contributed by atoms with Crippen molar-refractivity contribution in [3.8, 4) is 22.4 Å². The van der Waals surface area contributed by atoms with Crippen molar-refractivity contribution >= 4 is 15.9 Å².